The number of carbonyl (C=O) groups is 4. The van der Waals surface area contributed by atoms with Crippen LogP contribution in [0.5, 0.6) is 0 Å². The maximum Gasteiger partial charge on any atom is 0.337 e. The van der Waals surface area contributed by atoms with Crippen LogP contribution in [0.3, 0.4) is 0 Å². The summed E-state index contributed by atoms with van der Waals surface area (Å²) >= 11 is 0. The van der Waals surface area contributed by atoms with Gasteiger partial charge in [0.1, 0.15) is 12.1 Å². The Morgan fingerprint density at radius 2 is 1.82 bits per heavy atom. The fraction of sp³-hybridized carbons (Fsp3) is 0.200. The Kier molecular flexibility index (Phi) is 5.12. The van der Waals surface area contributed by atoms with Gasteiger partial charge in [-0.25, -0.2) is 9.59 Å². The maximum atomic E-state index is 12.8. The Balaban J connectivity index is 1.72. The van der Waals surface area contributed by atoms with Crippen LogP contribution in [-0.4, -0.2) is 42.4 Å². The van der Waals surface area contributed by atoms with Gasteiger partial charge in [-0.2, -0.15) is 0 Å². The number of methoxy groups -OCH3 is 1. The van der Waals surface area contributed by atoms with E-state index in [0.717, 1.165) is 4.90 Å². The first-order chi connectivity index (χ1) is 13.3. The monoisotopic (exact) mass is 381 g/mol. The molecule has 0 spiro atoms. The number of imide groups is 1. The molecule has 0 aliphatic carbocycles. The predicted octanol–water partition coefficient (Wildman–Crippen LogP) is 1.88. The average Bonchev–Trinajstić information content (AvgIpc) is 2.92. The van der Waals surface area contributed by atoms with E-state index < -0.39 is 35.9 Å². The van der Waals surface area contributed by atoms with Crippen LogP contribution in [0, 0.1) is 0 Å². The number of esters is 1. The molecule has 2 aromatic carbocycles. The summed E-state index contributed by atoms with van der Waals surface area (Å²) in [5.74, 6) is -1.62. The second-order valence-corrected chi connectivity index (χ2v) is 6.43. The van der Waals surface area contributed by atoms with Crippen molar-refractivity contribution in [2.45, 2.75) is 12.5 Å². The number of hydrogen-bond acceptors (Lipinski definition) is 5. The third-order valence-electron chi connectivity index (χ3n) is 4.50. The summed E-state index contributed by atoms with van der Waals surface area (Å²) in [6, 6.07) is 14.3. The molecule has 1 fully saturated rings. The first-order valence-electron chi connectivity index (χ1n) is 8.53. The molecular formula is C20H19N3O5. The Hall–Kier alpha value is -3.68. The number of benzene rings is 2. The van der Waals surface area contributed by atoms with Crippen molar-refractivity contribution in [2.24, 2.45) is 0 Å². The molecule has 144 valence electrons. The molecule has 2 N–H and O–H groups in total. The summed E-state index contributed by atoms with van der Waals surface area (Å²) in [5, 5.41) is 5.22. The molecule has 1 aliphatic rings. The molecule has 0 saturated carbocycles. The van der Waals surface area contributed by atoms with Crippen LogP contribution >= 0.6 is 0 Å². The number of amides is 4. The SMILES string of the molecule is COC(=O)c1cccc(NC(=O)CN2C(=O)N[C@](C)(c3ccccc3)C2=O)c1. The molecule has 3 rings (SSSR count). The highest BCUT2D eigenvalue weighted by Gasteiger charge is 2.49. The molecule has 8 nitrogen and oxygen atoms in total. The van der Waals surface area contributed by atoms with E-state index in [1.807, 2.05) is 6.07 Å². The van der Waals surface area contributed by atoms with Crippen molar-refractivity contribution in [3.8, 4) is 0 Å². The molecule has 1 heterocycles. The molecule has 1 aliphatic heterocycles. The van der Waals surface area contributed by atoms with E-state index in [1.54, 1.807) is 49.4 Å². The molecule has 1 atom stereocenters. The van der Waals surface area contributed by atoms with Crippen molar-refractivity contribution in [2.75, 3.05) is 19.0 Å². The van der Waals surface area contributed by atoms with E-state index >= 15 is 0 Å². The standard InChI is InChI=1S/C20H19N3O5/c1-20(14-8-4-3-5-9-14)18(26)23(19(27)22-20)12-16(24)21-15-10-6-7-13(11-15)17(25)28-2/h3-11H,12H2,1-2H3,(H,21,24)(H,22,27)/t20-/m1/s1. The van der Waals surface area contributed by atoms with E-state index in [2.05, 4.69) is 15.4 Å². The summed E-state index contributed by atoms with van der Waals surface area (Å²) in [7, 11) is 1.26. The summed E-state index contributed by atoms with van der Waals surface area (Å²) in [6.45, 7) is 1.15. The topological polar surface area (TPSA) is 105 Å². The zero-order valence-corrected chi connectivity index (χ0v) is 15.4. The van der Waals surface area contributed by atoms with Crippen LogP contribution in [0.4, 0.5) is 10.5 Å². The molecule has 1 saturated heterocycles. The van der Waals surface area contributed by atoms with Crippen LogP contribution < -0.4 is 10.6 Å². The van der Waals surface area contributed by atoms with Crippen molar-refractivity contribution < 1.29 is 23.9 Å². The number of urea groups is 1. The number of rotatable bonds is 5. The van der Waals surface area contributed by atoms with Gasteiger partial charge in [-0.1, -0.05) is 36.4 Å². The highest BCUT2D eigenvalue weighted by Crippen LogP contribution is 2.28. The third-order valence-corrected chi connectivity index (χ3v) is 4.50. The zero-order chi connectivity index (χ0) is 20.3. The number of nitrogens with zero attached hydrogens (tertiary/aromatic N) is 1. The molecule has 0 radical (unpaired) electrons. The van der Waals surface area contributed by atoms with E-state index in [1.165, 1.54) is 13.2 Å². The lowest BCUT2D eigenvalue weighted by molar-refractivity contribution is -0.133. The number of nitrogens with one attached hydrogen (secondary N) is 2. The second kappa shape index (κ2) is 7.51. The highest BCUT2D eigenvalue weighted by atomic mass is 16.5. The van der Waals surface area contributed by atoms with Crippen molar-refractivity contribution in [3.05, 3.63) is 65.7 Å². The van der Waals surface area contributed by atoms with E-state index in [-0.39, 0.29) is 5.56 Å². The van der Waals surface area contributed by atoms with Gasteiger partial charge in [0.15, 0.2) is 0 Å². The molecule has 0 aromatic heterocycles. The molecule has 0 bridgehead atoms. The smallest absolute Gasteiger partial charge is 0.337 e. The quantitative estimate of drug-likeness (QED) is 0.608. The predicted molar refractivity (Wildman–Crippen MR) is 100 cm³/mol. The largest absolute Gasteiger partial charge is 0.465 e. The lowest BCUT2D eigenvalue weighted by Gasteiger charge is -2.22. The number of hydrogen-bond donors (Lipinski definition) is 2. The van der Waals surface area contributed by atoms with Crippen LogP contribution in [0.1, 0.15) is 22.8 Å². The Bertz CT molecular complexity index is 944. The minimum absolute atomic E-state index is 0.270. The molecule has 28 heavy (non-hydrogen) atoms. The first kappa shape index (κ1) is 19.1. The molecule has 2 aromatic rings. The fourth-order valence-electron chi connectivity index (χ4n) is 2.99. The Morgan fingerprint density at radius 3 is 2.50 bits per heavy atom. The average molecular weight is 381 g/mol. The van der Waals surface area contributed by atoms with Crippen molar-refractivity contribution in [3.63, 3.8) is 0 Å². The van der Waals surface area contributed by atoms with E-state index in [4.69, 9.17) is 0 Å². The third kappa shape index (κ3) is 3.57. The van der Waals surface area contributed by atoms with Gasteiger partial charge in [-0.3, -0.25) is 14.5 Å². The second-order valence-electron chi connectivity index (χ2n) is 6.43. The minimum Gasteiger partial charge on any atom is -0.465 e. The number of ether oxygens (including phenoxy) is 1. The first-order valence-corrected chi connectivity index (χ1v) is 8.53. The molecule has 4 amide bonds. The van der Waals surface area contributed by atoms with Gasteiger partial charge in [0.05, 0.1) is 12.7 Å². The van der Waals surface area contributed by atoms with Gasteiger partial charge in [0.2, 0.25) is 5.91 Å². The van der Waals surface area contributed by atoms with Gasteiger partial charge in [0, 0.05) is 5.69 Å². The summed E-state index contributed by atoms with van der Waals surface area (Å²) in [4.78, 5) is 49.9. The number of anilines is 1. The van der Waals surface area contributed by atoms with Crippen molar-refractivity contribution in [1.29, 1.82) is 0 Å². The van der Waals surface area contributed by atoms with Crippen molar-refractivity contribution in [1.82, 2.24) is 10.2 Å². The highest BCUT2D eigenvalue weighted by molar-refractivity contribution is 6.10. The lowest BCUT2D eigenvalue weighted by Crippen LogP contribution is -2.42. The van der Waals surface area contributed by atoms with Crippen LogP contribution in [0.15, 0.2) is 54.6 Å². The van der Waals surface area contributed by atoms with Gasteiger partial charge >= 0.3 is 12.0 Å². The summed E-state index contributed by atoms with van der Waals surface area (Å²) in [5.41, 5.74) is 0.0171. The van der Waals surface area contributed by atoms with Gasteiger partial charge in [-0.15, -0.1) is 0 Å². The minimum atomic E-state index is -1.23. The van der Waals surface area contributed by atoms with Crippen molar-refractivity contribution >= 4 is 29.5 Å². The Morgan fingerprint density at radius 1 is 1.11 bits per heavy atom. The number of carbonyl (C=O) groups excluding carboxylic acids is 4. The van der Waals surface area contributed by atoms with Crippen LogP contribution in [0.25, 0.3) is 0 Å². The zero-order valence-electron chi connectivity index (χ0n) is 15.4. The maximum absolute atomic E-state index is 12.8. The summed E-state index contributed by atoms with van der Waals surface area (Å²) < 4.78 is 4.64. The van der Waals surface area contributed by atoms with Gasteiger partial charge in [0.25, 0.3) is 5.91 Å². The van der Waals surface area contributed by atoms with Crippen LogP contribution in [0.2, 0.25) is 0 Å². The fourth-order valence-corrected chi connectivity index (χ4v) is 2.99. The summed E-state index contributed by atoms with van der Waals surface area (Å²) in [6.07, 6.45) is 0. The Labute approximate surface area is 161 Å². The molecule has 8 heteroatoms. The lowest BCUT2D eigenvalue weighted by atomic mass is 9.92. The molecular weight excluding hydrogens is 362 g/mol. The van der Waals surface area contributed by atoms with E-state index in [9.17, 15) is 19.2 Å². The van der Waals surface area contributed by atoms with Crippen LogP contribution in [-0.2, 0) is 19.9 Å². The van der Waals surface area contributed by atoms with Gasteiger partial charge < -0.3 is 15.4 Å². The molecule has 0 unspecified atom stereocenters. The van der Waals surface area contributed by atoms with Gasteiger partial charge in [-0.05, 0) is 30.7 Å². The normalized spacial score (nSPS) is 18.6. The van der Waals surface area contributed by atoms with E-state index in [0.29, 0.717) is 11.3 Å².